The van der Waals surface area contributed by atoms with Gasteiger partial charge < -0.3 is 10.4 Å². The first-order chi connectivity index (χ1) is 19.5. The minimum absolute atomic E-state index is 0.200. The van der Waals surface area contributed by atoms with Gasteiger partial charge in [-0.25, -0.2) is 18.9 Å². The molecule has 4 aromatic heterocycles. The number of carbonyl (C=O) groups is 1. The van der Waals surface area contributed by atoms with Crippen LogP contribution >= 0.6 is 0 Å². The van der Waals surface area contributed by atoms with Crippen LogP contribution in [-0.2, 0) is 12.6 Å². The number of carboxylic acid groups (broad SMARTS) is 1. The lowest BCUT2D eigenvalue weighted by atomic mass is 9.98. The minimum Gasteiger partial charge on any atom is -0.477 e. The van der Waals surface area contributed by atoms with Crippen molar-refractivity contribution in [3.8, 4) is 27.9 Å². The highest BCUT2D eigenvalue weighted by Crippen LogP contribution is 2.46. The summed E-state index contributed by atoms with van der Waals surface area (Å²) in [6.45, 7) is 4.04. The van der Waals surface area contributed by atoms with Gasteiger partial charge in [0.2, 0.25) is 0 Å². The third-order valence-electron chi connectivity index (χ3n) is 6.96. The van der Waals surface area contributed by atoms with Crippen LogP contribution in [0.25, 0.3) is 33.6 Å². The van der Waals surface area contributed by atoms with Gasteiger partial charge >= 0.3 is 12.1 Å². The Bertz CT molecular complexity index is 1960. The molecule has 0 saturated carbocycles. The van der Waals surface area contributed by atoms with Gasteiger partial charge in [0.1, 0.15) is 17.0 Å². The van der Waals surface area contributed by atoms with Crippen molar-refractivity contribution in [2.75, 3.05) is 11.9 Å². The molecule has 0 amide bonds. The number of fused-ring (bicyclic) bond motifs is 4. The van der Waals surface area contributed by atoms with Gasteiger partial charge in [0.15, 0.2) is 5.69 Å². The summed E-state index contributed by atoms with van der Waals surface area (Å²) in [7, 11) is 0. The lowest BCUT2D eigenvalue weighted by molar-refractivity contribution is -0.141. The van der Waals surface area contributed by atoms with Crippen molar-refractivity contribution in [3.05, 3.63) is 93.3 Å². The quantitative estimate of drug-likeness (QED) is 0.280. The van der Waals surface area contributed by atoms with Crippen LogP contribution in [0.3, 0.4) is 0 Å². The second kappa shape index (κ2) is 9.25. The van der Waals surface area contributed by atoms with Crippen molar-refractivity contribution in [2.24, 2.45) is 0 Å². The molecule has 0 saturated heterocycles. The number of hydrogen-bond acceptors (Lipinski definition) is 6. The fourth-order valence-corrected chi connectivity index (χ4v) is 5.22. The van der Waals surface area contributed by atoms with Crippen LogP contribution in [0.4, 0.5) is 23.2 Å². The molecule has 0 spiro atoms. The number of aromatic nitrogens is 5. The van der Waals surface area contributed by atoms with Gasteiger partial charge in [-0.3, -0.25) is 14.2 Å². The Morgan fingerprint density at radius 3 is 2.61 bits per heavy atom. The molecule has 1 aromatic carbocycles. The number of benzene rings is 1. The number of alkyl halides is 3. The van der Waals surface area contributed by atoms with Crippen molar-refractivity contribution >= 4 is 17.3 Å². The van der Waals surface area contributed by atoms with E-state index < -0.39 is 34.8 Å². The van der Waals surface area contributed by atoms with Crippen LogP contribution < -0.4 is 10.9 Å². The normalized spacial score (nSPS) is 12.4. The lowest BCUT2D eigenvalue weighted by Crippen LogP contribution is -2.23. The van der Waals surface area contributed by atoms with Gasteiger partial charge in [-0.2, -0.15) is 18.3 Å². The Labute approximate surface area is 228 Å². The van der Waals surface area contributed by atoms with Crippen molar-refractivity contribution < 1.29 is 27.5 Å². The predicted octanol–water partition coefficient (Wildman–Crippen LogP) is 5.11. The van der Waals surface area contributed by atoms with E-state index in [0.29, 0.717) is 52.2 Å². The summed E-state index contributed by atoms with van der Waals surface area (Å²) in [5.74, 6) is -1.99. The molecular formula is C28H20F4N6O3. The molecule has 0 fully saturated rings. The maximum atomic E-state index is 14.8. The van der Waals surface area contributed by atoms with Crippen LogP contribution in [0.15, 0.2) is 53.8 Å². The number of nitrogens with one attached hydrogen (secondary N) is 1. The maximum absolute atomic E-state index is 14.8. The van der Waals surface area contributed by atoms with Crippen molar-refractivity contribution in [3.63, 3.8) is 0 Å². The number of nitrogens with zero attached hydrogens (tertiary/aromatic N) is 5. The zero-order chi connectivity index (χ0) is 29.2. The average molecular weight is 564 g/mol. The molecule has 208 valence electrons. The summed E-state index contributed by atoms with van der Waals surface area (Å²) in [5.41, 5.74) is 1.68. The smallest absolute Gasteiger partial charge is 0.435 e. The van der Waals surface area contributed by atoms with Gasteiger partial charge in [0.05, 0.1) is 11.4 Å². The summed E-state index contributed by atoms with van der Waals surface area (Å²) in [6.07, 6.45) is 0.542. The van der Waals surface area contributed by atoms with Crippen molar-refractivity contribution in [2.45, 2.75) is 26.4 Å². The highest BCUT2D eigenvalue weighted by Gasteiger charge is 2.35. The van der Waals surface area contributed by atoms with E-state index in [4.69, 9.17) is 0 Å². The second-order valence-electron chi connectivity index (χ2n) is 9.56. The number of pyridine rings is 2. The van der Waals surface area contributed by atoms with Gasteiger partial charge in [0.25, 0.3) is 5.56 Å². The number of hydrogen-bond donors (Lipinski definition) is 2. The van der Waals surface area contributed by atoms with Crippen molar-refractivity contribution in [1.82, 2.24) is 24.1 Å². The zero-order valence-electron chi connectivity index (χ0n) is 21.5. The third-order valence-corrected chi connectivity index (χ3v) is 6.96. The third kappa shape index (κ3) is 4.20. The van der Waals surface area contributed by atoms with E-state index in [0.717, 1.165) is 33.1 Å². The first-order valence-electron chi connectivity index (χ1n) is 12.5. The lowest BCUT2D eigenvalue weighted by Gasteiger charge is -2.17. The molecule has 0 atom stereocenters. The molecule has 0 radical (unpaired) electrons. The highest BCUT2D eigenvalue weighted by atomic mass is 19.4. The second-order valence-corrected chi connectivity index (χ2v) is 9.56. The molecule has 1 aliphatic rings. The average Bonchev–Trinajstić information content (AvgIpc) is 3.54. The topological polar surface area (TPSA) is 114 Å². The van der Waals surface area contributed by atoms with E-state index in [-0.39, 0.29) is 11.3 Å². The zero-order valence-corrected chi connectivity index (χ0v) is 21.5. The molecule has 13 heteroatoms. The Morgan fingerprint density at radius 1 is 1.15 bits per heavy atom. The number of halogens is 4. The molecule has 6 rings (SSSR count). The molecule has 0 unspecified atom stereocenters. The Kier molecular flexibility index (Phi) is 5.90. The summed E-state index contributed by atoms with van der Waals surface area (Å²) in [6, 6.07) is 5.16. The SMILES string of the molecule is CCNc1cc(F)cc2c1Cc1ncc(-c3cc(C)c4ncc(C(=O)O)c(=O)n4c3)c(-n3ccc(C(F)(F)F)n3)c1-2. The molecule has 0 aliphatic heterocycles. The van der Waals surface area contributed by atoms with E-state index >= 15 is 0 Å². The van der Waals surface area contributed by atoms with Crippen LogP contribution in [0.2, 0.25) is 0 Å². The largest absolute Gasteiger partial charge is 0.477 e. The molecular weight excluding hydrogens is 544 g/mol. The number of carboxylic acids is 1. The fourth-order valence-electron chi connectivity index (χ4n) is 5.22. The highest BCUT2D eigenvalue weighted by molar-refractivity contribution is 5.92. The summed E-state index contributed by atoms with van der Waals surface area (Å²) >= 11 is 0. The Balaban J connectivity index is 1.68. The molecule has 41 heavy (non-hydrogen) atoms. The van der Waals surface area contributed by atoms with E-state index in [1.165, 1.54) is 24.5 Å². The number of aromatic carboxylic acids is 1. The fraction of sp³-hybridized carbons (Fsp3) is 0.179. The molecule has 1 aliphatic carbocycles. The first kappa shape index (κ1) is 26.2. The first-order valence-corrected chi connectivity index (χ1v) is 12.5. The number of anilines is 1. The molecule has 4 heterocycles. The van der Waals surface area contributed by atoms with Crippen LogP contribution in [0, 0.1) is 12.7 Å². The molecule has 2 N–H and O–H groups in total. The summed E-state index contributed by atoms with van der Waals surface area (Å²) in [5, 5.41) is 16.4. The van der Waals surface area contributed by atoms with Gasteiger partial charge in [-0.05, 0) is 54.8 Å². The Hall–Kier alpha value is -5.07. The predicted molar refractivity (Wildman–Crippen MR) is 141 cm³/mol. The summed E-state index contributed by atoms with van der Waals surface area (Å²) in [4.78, 5) is 33.3. The van der Waals surface area contributed by atoms with Crippen LogP contribution in [-0.4, -0.2) is 41.8 Å². The number of aryl methyl sites for hydroxylation is 1. The minimum atomic E-state index is -4.71. The van der Waals surface area contributed by atoms with Gasteiger partial charge in [-0.15, -0.1) is 0 Å². The van der Waals surface area contributed by atoms with E-state index in [1.807, 2.05) is 6.92 Å². The monoisotopic (exact) mass is 564 g/mol. The molecule has 9 nitrogen and oxygen atoms in total. The van der Waals surface area contributed by atoms with Crippen LogP contribution in [0.1, 0.15) is 39.8 Å². The molecule has 5 aromatic rings. The Morgan fingerprint density at radius 2 is 1.93 bits per heavy atom. The van der Waals surface area contributed by atoms with Gasteiger partial charge in [-0.1, -0.05) is 0 Å². The van der Waals surface area contributed by atoms with Crippen LogP contribution in [0.5, 0.6) is 0 Å². The standard InChI is InChI=1S/C28H20F4N6O3/c1-3-33-20-8-15(29)7-17-16(20)9-21-23(17)24(38-5-4-22(36-38)28(30,31)32)18(10-34-21)14-6-13(2)25-35-11-19(27(40)41)26(39)37(25)12-14/h4-8,10-12,33H,3,9H2,1-2H3,(H,40,41). The maximum Gasteiger partial charge on any atom is 0.435 e. The van der Waals surface area contributed by atoms with E-state index in [2.05, 4.69) is 20.4 Å². The summed E-state index contributed by atoms with van der Waals surface area (Å²) < 4.78 is 57.7. The van der Waals surface area contributed by atoms with Gasteiger partial charge in [0, 0.05) is 60.1 Å². The van der Waals surface area contributed by atoms with Crippen molar-refractivity contribution in [1.29, 1.82) is 0 Å². The van der Waals surface area contributed by atoms with E-state index in [1.54, 1.807) is 13.0 Å². The molecule has 0 bridgehead atoms. The number of rotatable bonds is 5. The van der Waals surface area contributed by atoms with E-state index in [9.17, 15) is 32.3 Å².